The number of ketones is 1. The third-order valence-electron chi connectivity index (χ3n) is 7.41. The van der Waals surface area contributed by atoms with Crippen LogP contribution in [0.5, 0.6) is 0 Å². The molecule has 0 aliphatic carbocycles. The van der Waals surface area contributed by atoms with Crippen LogP contribution in [-0.2, 0) is 11.2 Å². The molecule has 0 saturated carbocycles. The highest BCUT2D eigenvalue weighted by Crippen LogP contribution is 2.36. The number of nitrogens with zero attached hydrogens (tertiary/aromatic N) is 3. The molecule has 2 aliphatic heterocycles. The molecule has 0 radical (unpaired) electrons. The minimum Gasteiger partial charge on any atom is -0.371 e. The lowest BCUT2D eigenvalue weighted by atomic mass is 9.91. The molecule has 2 aromatic carbocycles. The molecule has 7 heteroatoms. The first kappa shape index (κ1) is 23.0. The van der Waals surface area contributed by atoms with Crippen LogP contribution in [0, 0.1) is 5.82 Å². The Hall–Kier alpha value is -3.39. The molecule has 2 aromatic heterocycles. The first-order valence-electron chi connectivity index (χ1n) is 12.5. The van der Waals surface area contributed by atoms with Crippen molar-refractivity contribution < 1.29 is 13.9 Å². The van der Waals surface area contributed by atoms with Gasteiger partial charge >= 0.3 is 0 Å². The fraction of sp³-hybridized carbons (Fsp3) is 0.310. The van der Waals surface area contributed by atoms with Gasteiger partial charge < -0.3 is 14.6 Å². The molecule has 0 bridgehead atoms. The summed E-state index contributed by atoms with van der Waals surface area (Å²) in [5.74, 6) is -0.204. The van der Waals surface area contributed by atoms with E-state index < -0.39 is 0 Å². The molecule has 1 N–H and O–H groups in total. The van der Waals surface area contributed by atoms with Crippen LogP contribution >= 0.6 is 0 Å². The van der Waals surface area contributed by atoms with Crippen LogP contribution in [0.1, 0.15) is 33.1 Å². The van der Waals surface area contributed by atoms with Crippen molar-refractivity contribution in [3.8, 4) is 0 Å². The Bertz CT molecular complexity index is 1370. The van der Waals surface area contributed by atoms with E-state index in [0.29, 0.717) is 24.2 Å². The summed E-state index contributed by atoms with van der Waals surface area (Å²) in [5.41, 5.74) is 4.12. The van der Waals surface area contributed by atoms with Gasteiger partial charge in [0.1, 0.15) is 11.9 Å². The number of aromatic nitrogens is 2. The lowest BCUT2D eigenvalue weighted by Crippen LogP contribution is -2.49. The summed E-state index contributed by atoms with van der Waals surface area (Å²) in [6.07, 6.45) is 5.59. The van der Waals surface area contributed by atoms with Gasteiger partial charge in [0, 0.05) is 61.8 Å². The number of fused-ring (bicyclic) bond motifs is 1. The zero-order valence-electron chi connectivity index (χ0n) is 20.1. The molecule has 4 aromatic rings. The molecular weight excluding hydrogens is 455 g/mol. The highest BCUT2D eigenvalue weighted by molar-refractivity contribution is 6.11. The van der Waals surface area contributed by atoms with E-state index in [4.69, 9.17) is 4.74 Å². The van der Waals surface area contributed by atoms with E-state index in [-0.39, 0.29) is 23.7 Å². The normalized spacial score (nSPS) is 19.4. The largest absolute Gasteiger partial charge is 0.371 e. The first-order valence-corrected chi connectivity index (χ1v) is 12.5. The second-order valence-corrected chi connectivity index (χ2v) is 9.61. The molecule has 2 atom stereocenters. The van der Waals surface area contributed by atoms with Gasteiger partial charge in [0.2, 0.25) is 0 Å². The van der Waals surface area contributed by atoms with E-state index in [1.54, 1.807) is 12.3 Å². The lowest BCUT2D eigenvalue weighted by molar-refractivity contribution is 0.0814. The summed E-state index contributed by atoms with van der Waals surface area (Å²) in [5, 5.41) is 1.09. The van der Waals surface area contributed by atoms with Gasteiger partial charge in [-0.15, -0.1) is 0 Å². The average Bonchev–Trinajstić information content (AvgIpc) is 3.64. The Morgan fingerprint density at radius 3 is 2.75 bits per heavy atom. The first-order chi connectivity index (χ1) is 17.7. The molecule has 0 spiro atoms. The Balaban J connectivity index is 1.18. The molecule has 36 heavy (non-hydrogen) atoms. The average molecular weight is 485 g/mol. The van der Waals surface area contributed by atoms with Crippen LogP contribution < -0.4 is 0 Å². The number of aromatic amines is 1. The van der Waals surface area contributed by atoms with E-state index in [1.807, 2.05) is 48.7 Å². The van der Waals surface area contributed by atoms with Crippen molar-refractivity contribution in [1.82, 2.24) is 19.8 Å². The van der Waals surface area contributed by atoms with E-state index in [0.717, 1.165) is 54.8 Å². The molecule has 0 amide bonds. The van der Waals surface area contributed by atoms with E-state index in [9.17, 15) is 9.18 Å². The topological polar surface area (TPSA) is 64.8 Å². The van der Waals surface area contributed by atoms with Crippen molar-refractivity contribution in [1.29, 1.82) is 0 Å². The second kappa shape index (κ2) is 9.93. The van der Waals surface area contributed by atoms with Gasteiger partial charge in [-0.2, -0.15) is 0 Å². The quantitative estimate of drug-likeness (QED) is 0.300. The third kappa shape index (κ3) is 4.69. The molecule has 6 nitrogen and oxygen atoms in total. The fourth-order valence-electron chi connectivity index (χ4n) is 5.33. The Kier molecular flexibility index (Phi) is 6.35. The van der Waals surface area contributed by atoms with Crippen LogP contribution in [0.3, 0.4) is 0 Å². The second-order valence-electron chi connectivity index (χ2n) is 9.61. The van der Waals surface area contributed by atoms with E-state index in [1.165, 1.54) is 6.20 Å². The standard InChI is InChI=1S/C29H29FN4O2/c30-25-18-31-10-7-20(25)9-12-33-13-15-34(16-14-33)28(27-19-36-27)23-3-1-2-4-24(23)29(35)22-6-5-21-8-11-32-26(21)17-22/h1-8,10-11,17-18,27-28,32H,9,12-16,19H2. The SMILES string of the molecule is O=C(c1ccc2cc[nH]c2c1)c1ccccc1C(C1CO1)N1CCN(CCc2ccncc2F)CC1. The van der Waals surface area contributed by atoms with Crippen LogP contribution in [0.15, 0.2) is 73.2 Å². The summed E-state index contributed by atoms with van der Waals surface area (Å²) in [6, 6.07) is 17.6. The Morgan fingerprint density at radius 2 is 1.94 bits per heavy atom. The number of epoxide rings is 1. The Morgan fingerprint density at radius 1 is 1.11 bits per heavy atom. The third-order valence-corrected chi connectivity index (χ3v) is 7.41. The van der Waals surface area contributed by atoms with Crippen LogP contribution in [0.4, 0.5) is 4.39 Å². The zero-order valence-corrected chi connectivity index (χ0v) is 20.1. The summed E-state index contributed by atoms with van der Waals surface area (Å²) < 4.78 is 19.7. The van der Waals surface area contributed by atoms with Crippen LogP contribution in [0.2, 0.25) is 0 Å². The number of ether oxygens (including phenoxy) is 1. The van der Waals surface area contributed by atoms with E-state index in [2.05, 4.69) is 25.8 Å². The number of carbonyl (C=O) groups is 1. The minimum absolute atomic E-state index is 0.0331. The molecule has 2 unspecified atom stereocenters. The number of rotatable bonds is 8. The van der Waals surface area contributed by atoms with E-state index >= 15 is 0 Å². The number of hydrogen-bond donors (Lipinski definition) is 1. The summed E-state index contributed by atoms with van der Waals surface area (Å²) in [7, 11) is 0. The number of carbonyl (C=O) groups excluding carboxylic acids is 1. The minimum atomic E-state index is -0.237. The number of halogens is 1. The molecular formula is C29H29FN4O2. The number of H-pyrrole nitrogens is 1. The van der Waals surface area contributed by atoms with Crippen molar-refractivity contribution >= 4 is 16.7 Å². The molecule has 4 heterocycles. The van der Waals surface area contributed by atoms with Gasteiger partial charge in [0.05, 0.1) is 18.8 Å². The maximum absolute atomic E-state index is 13.9. The van der Waals surface area contributed by atoms with Crippen LogP contribution in [0.25, 0.3) is 10.9 Å². The number of pyridine rings is 1. The zero-order chi connectivity index (χ0) is 24.5. The number of nitrogens with one attached hydrogen (secondary N) is 1. The maximum atomic E-state index is 13.9. The Labute approximate surface area is 209 Å². The van der Waals surface area contributed by atoms with Crippen molar-refractivity contribution in [3.63, 3.8) is 0 Å². The van der Waals surface area contributed by atoms with Crippen molar-refractivity contribution in [2.75, 3.05) is 39.3 Å². The van der Waals surface area contributed by atoms with Crippen molar-refractivity contribution in [2.45, 2.75) is 18.6 Å². The van der Waals surface area contributed by atoms with Gasteiger partial charge in [-0.05, 0) is 41.1 Å². The lowest BCUT2D eigenvalue weighted by Gasteiger charge is -2.39. The monoisotopic (exact) mass is 484 g/mol. The van der Waals surface area contributed by atoms with Crippen LogP contribution in [-0.4, -0.2) is 71.0 Å². The molecule has 2 aliphatic rings. The van der Waals surface area contributed by atoms with Gasteiger partial charge in [0.15, 0.2) is 5.78 Å². The molecule has 2 saturated heterocycles. The highest BCUT2D eigenvalue weighted by Gasteiger charge is 2.40. The molecule has 2 fully saturated rings. The number of hydrogen-bond acceptors (Lipinski definition) is 5. The van der Waals surface area contributed by atoms with Gasteiger partial charge in [-0.3, -0.25) is 14.7 Å². The predicted molar refractivity (Wildman–Crippen MR) is 137 cm³/mol. The molecule has 6 rings (SSSR count). The highest BCUT2D eigenvalue weighted by atomic mass is 19.1. The molecule has 184 valence electrons. The summed E-state index contributed by atoms with van der Waals surface area (Å²) >= 11 is 0. The predicted octanol–water partition coefficient (Wildman–Crippen LogP) is 4.23. The van der Waals surface area contributed by atoms with Gasteiger partial charge in [-0.1, -0.05) is 36.4 Å². The fourth-order valence-corrected chi connectivity index (χ4v) is 5.33. The maximum Gasteiger partial charge on any atom is 0.193 e. The van der Waals surface area contributed by atoms with Crippen molar-refractivity contribution in [3.05, 3.63) is 101 Å². The van der Waals surface area contributed by atoms with Crippen molar-refractivity contribution in [2.24, 2.45) is 0 Å². The van der Waals surface area contributed by atoms with Gasteiger partial charge in [0.25, 0.3) is 0 Å². The number of piperazine rings is 1. The smallest absolute Gasteiger partial charge is 0.193 e. The van der Waals surface area contributed by atoms with Gasteiger partial charge in [-0.25, -0.2) is 4.39 Å². The summed E-state index contributed by atoms with van der Waals surface area (Å²) in [4.78, 5) is 25.5. The summed E-state index contributed by atoms with van der Waals surface area (Å²) in [6.45, 7) is 5.07. The number of benzene rings is 2.